The highest BCUT2D eigenvalue weighted by Gasteiger charge is 2.20. The van der Waals surface area contributed by atoms with E-state index in [1.807, 2.05) is 6.07 Å². The molecule has 0 amide bonds. The zero-order valence-electron chi connectivity index (χ0n) is 10.2. The van der Waals surface area contributed by atoms with Gasteiger partial charge in [-0.1, -0.05) is 23.4 Å². The summed E-state index contributed by atoms with van der Waals surface area (Å²) in [6, 6.07) is 8.75. The predicted molar refractivity (Wildman–Crippen MR) is 71.3 cm³/mol. The van der Waals surface area contributed by atoms with E-state index in [0.29, 0.717) is 5.69 Å². The molecular weight excluding hydrogens is 254 g/mol. The Kier molecular flexibility index (Phi) is 4.96. The van der Waals surface area contributed by atoms with Crippen LogP contribution >= 0.6 is 0 Å². The van der Waals surface area contributed by atoms with E-state index in [2.05, 4.69) is 5.16 Å². The van der Waals surface area contributed by atoms with Gasteiger partial charge < -0.3 is 10.9 Å². The van der Waals surface area contributed by atoms with Gasteiger partial charge in [-0.25, -0.2) is 8.42 Å². The van der Waals surface area contributed by atoms with Gasteiger partial charge in [0.25, 0.3) is 0 Å². The van der Waals surface area contributed by atoms with Crippen molar-refractivity contribution in [3.05, 3.63) is 30.3 Å². The van der Waals surface area contributed by atoms with Crippen molar-refractivity contribution in [2.45, 2.75) is 13.3 Å². The van der Waals surface area contributed by atoms with Crippen LogP contribution in [0.5, 0.6) is 0 Å². The third kappa shape index (κ3) is 3.63. The average Bonchev–Trinajstić information content (AvgIpc) is 2.39. The zero-order valence-corrected chi connectivity index (χ0v) is 11.0. The molecule has 0 saturated carbocycles. The summed E-state index contributed by atoms with van der Waals surface area (Å²) in [6.07, 6.45) is 0.171. The van der Waals surface area contributed by atoms with E-state index in [1.54, 1.807) is 31.2 Å². The Labute approximate surface area is 107 Å². The van der Waals surface area contributed by atoms with Gasteiger partial charge in [0, 0.05) is 13.0 Å². The van der Waals surface area contributed by atoms with Crippen molar-refractivity contribution in [3.63, 3.8) is 0 Å². The van der Waals surface area contributed by atoms with Crippen LogP contribution < -0.4 is 10.0 Å². The van der Waals surface area contributed by atoms with Gasteiger partial charge in [0.2, 0.25) is 10.0 Å². The van der Waals surface area contributed by atoms with Crippen molar-refractivity contribution >= 4 is 21.5 Å². The molecule has 0 fully saturated rings. The average molecular weight is 271 g/mol. The van der Waals surface area contributed by atoms with Gasteiger partial charge in [0.15, 0.2) is 0 Å². The van der Waals surface area contributed by atoms with Crippen molar-refractivity contribution in [2.75, 3.05) is 16.6 Å². The fourth-order valence-electron chi connectivity index (χ4n) is 1.44. The molecule has 7 heteroatoms. The number of oxime groups is 1. The van der Waals surface area contributed by atoms with Gasteiger partial charge >= 0.3 is 0 Å². The highest BCUT2D eigenvalue weighted by atomic mass is 32.2. The lowest BCUT2D eigenvalue weighted by Crippen LogP contribution is -2.35. The number of hydrogen-bond donors (Lipinski definition) is 2. The number of para-hydroxylation sites is 1. The number of anilines is 1. The molecule has 18 heavy (non-hydrogen) atoms. The Morgan fingerprint density at radius 2 is 2.00 bits per heavy atom. The molecule has 1 aromatic carbocycles. The van der Waals surface area contributed by atoms with Crippen LogP contribution in [0.25, 0.3) is 0 Å². The standard InChI is InChI=1S/C11H17N3O3S/c1-2-18(16,17)14(9-8-11(12)13-15)10-6-4-3-5-7-10/h3-7,15H,2,8-9H2,1H3,(H2,12,13). The van der Waals surface area contributed by atoms with Crippen LogP contribution in [0.15, 0.2) is 35.5 Å². The number of rotatable bonds is 6. The molecule has 0 radical (unpaired) electrons. The molecule has 0 saturated heterocycles. The van der Waals surface area contributed by atoms with Gasteiger partial charge in [-0.15, -0.1) is 0 Å². The summed E-state index contributed by atoms with van der Waals surface area (Å²) >= 11 is 0. The molecule has 0 aliphatic carbocycles. The smallest absolute Gasteiger partial charge is 0.234 e. The predicted octanol–water partition coefficient (Wildman–Crippen LogP) is 0.979. The highest BCUT2D eigenvalue weighted by Crippen LogP contribution is 2.18. The van der Waals surface area contributed by atoms with Gasteiger partial charge in [-0.3, -0.25) is 4.31 Å². The Balaban J connectivity index is 2.98. The number of sulfonamides is 1. The first-order chi connectivity index (χ1) is 8.51. The second-order valence-electron chi connectivity index (χ2n) is 3.65. The van der Waals surface area contributed by atoms with Gasteiger partial charge in [0.1, 0.15) is 5.84 Å². The second-order valence-corrected chi connectivity index (χ2v) is 5.83. The molecular formula is C11H17N3O3S. The summed E-state index contributed by atoms with van der Waals surface area (Å²) in [7, 11) is -3.38. The number of nitrogens with zero attached hydrogens (tertiary/aromatic N) is 2. The molecule has 1 rings (SSSR count). The van der Waals surface area contributed by atoms with Gasteiger partial charge in [-0.2, -0.15) is 0 Å². The minimum absolute atomic E-state index is 0.00192. The molecule has 0 aliphatic heterocycles. The lowest BCUT2D eigenvalue weighted by molar-refractivity contribution is 0.317. The fraction of sp³-hybridized carbons (Fsp3) is 0.364. The maximum absolute atomic E-state index is 12.0. The third-order valence-electron chi connectivity index (χ3n) is 2.44. The van der Waals surface area contributed by atoms with Crippen LogP contribution in [0, 0.1) is 0 Å². The lowest BCUT2D eigenvalue weighted by atomic mass is 10.3. The van der Waals surface area contributed by atoms with Crippen molar-refractivity contribution in [3.8, 4) is 0 Å². The quantitative estimate of drug-likeness (QED) is 0.349. The number of amidine groups is 1. The lowest BCUT2D eigenvalue weighted by Gasteiger charge is -2.23. The Morgan fingerprint density at radius 1 is 1.39 bits per heavy atom. The van der Waals surface area contributed by atoms with Crippen LogP contribution in [0.2, 0.25) is 0 Å². The molecule has 3 N–H and O–H groups in total. The van der Waals surface area contributed by atoms with E-state index in [1.165, 1.54) is 4.31 Å². The molecule has 0 aliphatic rings. The number of hydrogen-bond acceptors (Lipinski definition) is 4. The largest absolute Gasteiger partial charge is 0.409 e. The molecule has 0 atom stereocenters. The van der Waals surface area contributed by atoms with Gasteiger partial charge in [0.05, 0.1) is 11.4 Å². The van der Waals surface area contributed by atoms with E-state index in [4.69, 9.17) is 10.9 Å². The summed E-state index contributed by atoms with van der Waals surface area (Å²) in [5, 5.41) is 11.3. The number of benzene rings is 1. The third-order valence-corrected chi connectivity index (χ3v) is 4.24. The zero-order chi connectivity index (χ0) is 13.6. The molecule has 6 nitrogen and oxygen atoms in total. The Bertz CT molecular complexity index is 500. The maximum Gasteiger partial charge on any atom is 0.234 e. The Morgan fingerprint density at radius 3 is 2.50 bits per heavy atom. The maximum atomic E-state index is 12.0. The Hall–Kier alpha value is -1.76. The van der Waals surface area contributed by atoms with E-state index in [9.17, 15) is 8.42 Å². The molecule has 0 bridgehead atoms. The second kappa shape index (κ2) is 6.25. The van der Waals surface area contributed by atoms with Crippen molar-refractivity contribution in [1.82, 2.24) is 0 Å². The van der Waals surface area contributed by atoms with E-state index in [-0.39, 0.29) is 24.6 Å². The van der Waals surface area contributed by atoms with Crippen LogP contribution in [-0.2, 0) is 10.0 Å². The minimum Gasteiger partial charge on any atom is -0.409 e. The van der Waals surface area contributed by atoms with E-state index >= 15 is 0 Å². The first-order valence-corrected chi connectivity index (χ1v) is 7.14. The monoisotopic (exact) mass is 271 g/mol. The van der Waals surface area contributed by atoms with Crippen LogP contribution in [-0.4, -0.2) is 31.8 Å². The first kappa shape index (κ1) is 14.3. The molecule has 0 spiro atoms. The summed E-state index contributed by atoms with van der Waals surface area (Å²) in [6.45, 7) is 1.73. The van der Waals surface area contributed by atoms with Crippen LogP contribution in [0.4, 0.5) is 5.69 Å². The first-order valence-electron chi connectivity index (χ1n) is 5.53. The summed E-state index contributed by atoms with van der Waals surface area (Å²) < 4.78 is 25.2. The molecule has 100 valence electrons. The van der Waals surface area contributed by atoms with Crippen LogP contribution in [0.3, 0.4) is 0 Å². The number of nitrogens with two attached hydrogens (primary N) is 1. The normalized spacial score (nSPS) is 12.4. The van der Waals surface area contributed by atoms with Crippen molar-refractivity contribution in [1.29, 1.82) is 0 Å². The van der Waals surface area contributed by atoms with E-state index in [0.717, 1.165) is 0 Å². The minimum atomic E-state index is -3.38. The SMILES string of the molecule is CCS(=O)(=O)N(CC/C(N)=N/O)c1ccccc1. The topological polar surface area (TPSA) is 96.0 Å². The fourth-order valence-corrected chi connectivity index (χ4v) is 2.57. The van der Waals surface area contributed by atoms with Crippen LogP contribution in [0.1, 0.15) is 13.3 Å². The molecule has 0 aromatic heterocycles. The molecule has 1 aromatic rings. The van der Waals surface area contributed by atoms with E-state index < -0.39 is 10.0 Å². The van der Waals surface area contributed by atoms with Crippen molar-refractivity contribution < 1.29 is 13.6 Å². The highest BCUT2D eigenvalue weighted by molar-refractivity contribution is 7.92. The van der Waals surface area contributed by atoms with Gasteiger partial charge in [-0.05, 0) is 19.1 Å². The molecule has 0 heterocycles. The summed E-state index contributed by atoms with van der Waals surface area (Å²) in [5.41, 5.74) is 5.94. The van der Waals surface area contributed by atoms with Crippen molar-refractivity contribution in [2.24, 2.45) is 10.9 Å². The summed E-state index contributed by atoms with van der Waals surface area (Å²) in [4.78, 5) is 0. The molecule has 0 unspecified atom stereocenters. The summed E-state index contributed by atoms with van der Waals surface area (Å²) in [5.74, 6) is 0.000151.